The molecule has 7 heteroatoms. The van der Waals surface area contributed by atoms with Gasteiger partial charge in [0.15, 0.2) is 0 Å². The number of ether oxygens (including phenoxy) is 1. The smallest absolute Gasteiger partial charge is 0.251 e. The summed E-state index contributed by atoms with van der Waals surface area (Å²) in [5, 5.41) is 2.84. The number of carbonyl (C=O) groups is 2. The number of pyridine rings is 1. The second-order valence-electron chi connectivity index (χ2n) is 6.65. The normalized spacial score (nSPS) is 22.2. The van der Waals surface area contributed by atoms with Crippen LogP contribution >= 0.6 is 0 Å². The summed E-state index contributed by atoms with van der Waals surface area (Å²) >= 11 is 0. The summed E-state index contributed by atoms with van der Waals surface area (Å²) in [6.45, 7) is 6.66. The van der Waals surface area contributed by atoms with Gasteiger partial charge < -0.3 is 15.0 Å². The van der Waals surface area contributed by atoms with Crippen LogP contribution in [-0.4, -0.2) is 40.8 Å². The molecule has 1 N–H and O–H groups in total. The molecule has 1 aromatic heterocycles. The van der Waals surface area contributed by atoms with Crippen LogP contribution in [0.25, 0.3) is 0 Å². The van der Waals surface area contributed by atoms with Crippen LogP contribution in [0.3, 0.4) is 0 Å². The number of nitrogens with zero attached hydrogens (tertiary/aromatic N) is 3. The summed E-state index contributed by atoms with van der Waals surface area (Å²) < 4.78 is 5.64. The molecule has 1 aromatic rings. The number of hydrogen-bond donors (Lipinski definition) is 1. The van der Waals surface area contributed by atoms with E-state index in [9.17, 15) is 9.59 Å². The fraction of sp³-hybridized carbons (Fsp3) is 0.444. The van der Waals surface area contributed by atoms with E-state index in [-0.39, 0.29) is 11.8 Å². The van der Waals surface area contributed by atoms with E-state index in [1.54, 1.807) is 24.2 Å². The van der Waals surface area contributed by atoms with E-state index in [4.69, 9.17) is 4.74 Å². The number of aliphatic imine (C=N–C) groups is 1. The van der Waals surface area contributed by atoms with Crippen molar-refractivity contribution in [2.24, 2.45) is 16.8 Å². The van der Waals surface area contributed by atoms with Crippen LogP contribution in [-0.2, 0) is 20.9 Å². The van der Waals surface area contributed by atoms with Gasteiger partial charge in [0.05, 0.1) is 11.9 Å². The molecule has 2 amide bonds. The average molecular weight is 342 g/mol. The van der Waals surface area contributed by atoms with E-state index in [1.807, 2.05) is 26.0 Å². The minimum atomic E-state index is -0.683. The Labute approximate surface area is 146 Å². The lowest BCUT2D eigenvalue weighted by atomic mass is 9.94. The van der Waals surface area contributed by atoms with Crippen LogP contribution in [0.1, 0.15) is 26.3 Å². The number of carbonyl (C=O) groups excluding carboxylic acids is 2. The molecule has 0 saturated heterocycles. The third kappa shape index (κ3) is 3.55. The fourth-order valence-corrected chi connectivity index (χ4v) is 3.03. The van der Waals surface area contributed by atoms with Crippen molar-refractivity contribution in [3.8, 4) is 0 Å². The zero-order valence-corrected chi connectivity index (χ0v) is 14.6. The number of allylic oxidation sites excluding steroid dienone is 1. The maximum absolute atomic E-state index is 12.8. The van der Waals surface area contributed by atoms with Gasteiger partial charge in [-0.05, 0) is 24.5 Å². The fourth-order valence-electron chi connectivity index (χ4n) is 3.03. The highest BCUT2D eigenvalue weighted by molar-refractivity contribution is 6.04. The summed E-state index contributed by atoms with van der Waals surface area (Å²) in [5.74, 6) is -0.365. The zero-order valence-electron chi connectivity index (χ0n) is 14.6. The van der Waals surface area contributed by atoms with Gasteiger partial charge in [0.2, 0.25) is 12.1 Å². The van der Waals surface area contributed by atoms with Crippen LogP contribution in [0.15, 0.2) is 40.9 Å². The summed E-state index contributed by atoms with van der Waals surface area (Å²) in [5.41, 5.74) is 1.25. The average Bonchev–Trinajstić information content (AvgIpc) is 2.93. The first-order valence-corrected chi connectivity index (χ1v) is 8.35. The third-order valence-corrected chi connectivity index (χ3v) is 4.16. The van der Waals surface area contributed by atoms with Gasteiger partial charge in [-0.2, -0.15) is 0 Å². The van der Waals surface area contributed by atoms with Crippen LogP contribution in [0, 0.1) is 11.8 Å². The summed E-state index contributed by atoms with van der Waals surface area (Å²) in [7, 11) is 0. The van der Waals surface area contributed by atoms with E-state index in [2.05, 4.69) is 15.3 Å². The van der Waals surface area contributed by atoms with Crippen molar-refractivity contribution in [2.75, 3.05) is 6.54 Å². The SMILES string of the molecule is CC1=C(C(=O)NCc2cccnc2)C2C(=O)N(CC(C)C)C=NC2O1. The molecule has 2 aliphatic rings. The number of rotatable bonds is 5. The predicted molar refractivity (Wildman–Crippen MR) is 92.2 cm³/mol. The van der Waals surface area contributed by atoms with Gasteiger partial charge in [0, 0.05) is 25.5 Å². The molecule has 3 heterocycles. The van der Waals surface area contributed by atoms with E-state index in [1.165, 1.54) is 6.34 Å². The Bertz CT molecular complexity index is 727. The molecule has 0 fully saturated rings. The Hall–Kier alpha value is -2.70. The third-order valence-electron chi connectivity index (χ3n) is 4.16. The van der Waals surface area contributed by atoms with Crippen LogP contribution < -0.4 is 5.32 Å². The van der Waals surface area contributed by atoms with E-state index in [0.29, 0.717) is 30.3 Å². The Kier molecular flexibility index (Phi) is 4.83. The molecule has 2 aliphatic heterocycles. The molecule has 0 radical (unpaired) electrons. The minimum Gasteiger partial charge on any atom is -0.472 e. The van der Waals surface area contributed by atoms with E-state index >= 15 is 0 Å². The summed E-state index contributed by atoms with van der Waals surface area (Å²) in [4.78, 5) is 35.4. The van der Waals surface area contributed by atoms with Crippen molar-refractivity contribution < 1.29 is 14.3 Å². The quantitative estimate of drug-likeness (QED) is 0.878. The Morgan fingerprint density at radius 2 is 2.24 bits per heavy atom. The molecule has 2 unspecified atom stereocenters. The second kappa shape index (κ2) is 7.04. The molecule has 0 saturated carbocycles. The largest absolute Gasteiger partial charge is 0.472 e. The van der Waals surface area contributed by atoms with Crippen LogP contribution in [0.2, 0.25) is 0 Å². The molecule has 132 valence electrons. The first kappa shape index (κ1) is 17.1. The maximum Gasteiger partial charge on any atom is 0.251 e. The van der Waals surface area contributed by atoms with Crippen molar-refractivity contribution >= 4 is 18.2 Å². The molecule has 3 rings (SSSR count). The van der Waals surface area contributed by atoms with Gasteiger partial charge in [-0.25, -0.2) is 4.99 Å². The topological polar surface area (TPSA) is 83.9 Å². The van der Waals surface area contributed by atoms with E-state index < -0.39 is 12.1 Å². The minimum absolute atomic E-state index is 0.142. The van der Waals surface area contributed by atoms with Crippen LogP contribution in [0.4, 0.5) is 0 Å². The zero-order chi connectivity index (χ0) is 18.0. The molecule has 7 nitrogen and oxygen atoms in total. The molecule has 25 heavy (non-hydrogen) atoms. The highest BCUT2D eigenvalue weighted by Crippen LogP contribution is 2.35. The van der Waals surface area contributed by atoms with Crippen molar-refractivity contribution in [3.63, 3.8) is 0 Å². The molecule has 0 aromatic carbocycles. The predicted octanol–water partition coefficient (Wildman–Crippen LogP) is 1.47. The molecular weight excluding hydrogens is 320 g/mol. The molecular formula is C18H22N4O3. The highest BCUT2D eigenvalue weighted by atomic mass is 16.5. The van der Waals surface area contributed by atoms with Gasteiger partial charge >= 0.3 is 0 Å². The van der Waals surface area contributed by atoms with Crippen molar-refractivity contribution in [1.29, 1.82) is 0 Å². The van der Waals surface area contributed by atoms with Gasteiger partial charge in [-0.15, -0.1) is 0 Å². The number of nitrogens with one attached hydrogen (secondary N) is 1. The van der Waals surface area contributed by atoms with Crippen molar-refractivity contribution in [1.82, 2.24) is 15.2 Å². The van der Waals surface area contributed by atoms with Gasteiger partial charge in [0.1, 0.15) is 11.7 Å². The number of amides is 2. The highest BCUT2D eigenvalue weighted by Gasteiger charge is 2.47. The Morgan fingerprint density at radius 1 is 1.44 bits per heavy atom. The molecule has 0 spiro atoms. The van der Waals surface area contributed by atoms with Gasteiger partial charge in [0.25, 0.3) is 5.91 Å². The first-order chi connectivity index (χ1) is 12.0. The first-order valence-electron chi connectivity index (χ1n) is 8.35. The lowest BCUT2D eigenvalue weighted by Crippen LogP contribution is -2.46. The monoisotopic (exact) mass is 342 g/mol. The second-order valence-corrected chi connectivity index (χ2v) is 6.65. The maximum atomic E-state index is 12.8. The number of aromatic nitrogens is 1. The Morgan fingerprint density at radius 3 is 2.92 bits per heavy atom. The van der Waals surface area contributed by atoms with Crippen molar-refractivity contribution in [2.45, 2.75) is 33.5 Å². The van der Waals surface area contributed by atoms with Crippen molar-refractivity contribution in [3.05, 3.63) is 41.4 Å². The molecule has 0 bridgehead atoms. The van der Waals surface area contributed by atoms with Gasteiger partial charge in [-0.3, -0.25) is 14.6 Å². The number of hydrogen-bond acceptors (Lipinski definition) is 5. The van der Waals surface area contributed by atoms with Crippen LogP contribution in [0.5, 0.6) is 0 Å². The van der Waals surface area contributed by atoms with E-state index in [0.717, 1.165) is 5.56 Å². The van der Waals surface area contributed by atoms with Gasteiger partial charge in [-0.1, -0.05) is 19.9 Å². The lowest BCUT2D eigenvalue weighted by Gasteiger charge is -2.29. The lowest BCUT2D eigenvalue weighted by molar-refractivity contribution is -0.135. The number of fused-ring (bicyclic) bond motifs is 1. The molecule has 2 atom stereocenters. The molecule has 0 aliphatic carbocycles. The standard InChI is InChI=1S/C18H22N4O3/c1-11(2)9-22-10-21-17-15(18(22)24)14(12(3)25-17)16(23)20-8-13-5-4-6-19-7-13/h4-7,10-11,15,17H,8-9H2,1-3H3,(H,20,23). The summed E-state index contributed by atoms with van der Waals surface area (Å²) in [6, 6.07) is 3.69. The summed E-state index contributed by atoms with van der Waals surface area (Å²) in [6.07, 6.45) is 4.24. The Balaban J connectivity index is 1.74.